The molecule has 0 bridgehead atoms. The second-order valence-electron chi connectivity index (χ2n) is 8.29. The first kappa shape index (κ1) is 25.1. The van der Waals surface area contributed by atoms with Gasteiger partial charge in [-0.1, -0.05) is 18.2 Å². The quantitative estimate of drug-likeness (QED) is 0.319. The molecule has 2 aromatic carbocycles. The maximum Gasteiger partial charge on any atom is 0.283 e. The Morgan fingerprint density at radius 1 is 1.21 bits per heavy atom. The molecule has 0 unspecified atom stereocenters. The van der Waals surface area contributed by atoms with Crippen molar-refractivity contribution in [1.82, 2.24) is 9.99 Å². The Labute approximate surface area is 222 Å². The van der Waals surface area contributed by atoms with Crippen molar-refractivity contribution in [2.24, 2.45) is 10.1 Å². The van der Waals surface area contributed by atoms with Crippen LogP contribution in [0.4, 0.5) is 4.39 Å². The predicted molar refractivity (Wildman–Crippen MR) is 146 cm³/mol. The minimum absolute atomic E-state index is 0.0766. The van der Waals surface area contributed by atoms with Crippen LogP contribution in [0.5, 0.6) is 11.5 Å². The highest BCUT2D eigenvalue weighted by Crippen LogP contribution is 2.36. The van der Waals surface area contributed by atoms with Crippen LogP contribution in [-0.4, -0.2) is 39.1 Å². The van der Waals surface area contributed by atoms with Crippen LogP contribution in [0.15, 0.2) is 89.2 Å². The number of carbonyl (C=O) groups is 1. The van der Waals surface area contributed by atoms with E-state index in [4.69, 9.17) is 14.9 Å². The number of allylic oxidation sites excluding steroid dienone is 1. The number of amides is 1. The summed E-state index contributed by atoms with van der Waals surface area (Å²) in [4.78, 5) is 21.2. The number of aliphatic imine (C=N–C) groups is 1. The number of pyridine rings is 1. The molecule has 0 fully saturated rings. The van der Waals surface area contributed by atoms with E-state index in [0.29, 0.717) is 33.7 Å². The highest BCUT2D eigenvalue weighted by Gasteiger charge is 2.36. The Bertz CT molecular complexity index is 1520. The van der Waals surface area contributed by atoms with Crippen LogP contribution in [0.3, 0.4) is 0 Å². The lowest BCUT2D eigenvalue weighted by Crippen LogP contribution is -2.35. The van der Waals surface area contributed by atoms with E-state index in [-0.39, 0.29) is 23.8 Å². The highest BCUT2D eigenvalue weighted by atomic mass is 32.2. The maximum atomic E-state index is 13.3. The molecule has 38 heavy (non-hydrogen) atoms. The number of carbonyl (C=O) groups excluding carboxylic acids is 1. The van der Waals surface area contributed by atoms with E-state index in [1.165, 1.54) is 36.0 Å². The van der Waals surface area contributed by atoms with Gasteiger partial charge in [-0.25, -0.2) is 4.39 Å². The summed E-state index contributed by atoms with van der Waals surface area (Å²) in [7, 11) is 1.52. The van der Waals surface area contributed by atoms with Crippen molar-refractivity contribution in [3.63, 3.8) is 0 Å². The van der Waals surface area contributed by atoms with Gasteiger partial charge in [0, 0.05) is 23.5 Å². The van der Waals surface area contributed by atoms with Gasteiger partial charge in [0.2, 0.25) is 5.17 Å². The number of fused-ring (bicyclic) bond motifs is 1. The zero-order chi connectivity index (χ0) is 26.6. The molecule has 1 aromatic heterocycles. The Morgan fingerprint density at radius 3 is 2.74 bits per heavy atom. The minimum atomic E-state index is -0.530. The van der Waals surface area contributed by atoms with Crippen LogP contribution in [-0.2, 0) is 17.8 Å². The third-order valence-corrected chi connectivity index (χ3v) is 6.67. The number of amidine groups is 2. The maximum absolute atomic E-state index is 13.3. The molecule has 0 atom stereocenters. The molecule has 5 rings (SSSR count). The summed E-state index contributed by atoms with van der Waals surface area (Å²) in [5.41, 5.74) is 3.07. The van der Waals surface area contributed by atoms with E-state index in [0.717, 1.165) is 16.7 Å². The van der Waals surface area contributed by atoms with Gasteiger partial charge < -0.3 is 9.47 Å². The normalized spacial score (nSPS) is 15.7. The molecular weight excluding hydrogens is 505 g/mol. The molecular formula is C28H22FN5O3S. The van der Waals surface area contributed by atoms with Crippen molar-refractivity contribution >= 4 is 39.8 Å². The number of nitrogens with one attached hydrogen (secondary N) is 1. The molecule has 0 saturated heterocycles. The second-order valence-corrected chi connectivity index (χ2v) is 9.24. The molecule has 10 heteroatoms. The standard InChI is InChI=1S/C28H22FN5O3S/c1-3-5-19-12-18(14-23(36-2)24(19)37-16-17-7-9-21(29)10-8-17)13-22-25(30)34-28(32-26(22)35)38-27(33-34)20-6-4-11-31-15-20/h3-4,6-15,30H,1,5,16H2,2H3. The number of thioether (sulfide) groups is 1. The minimum Gasteiger partial charge on any atom is -0.493 e. The zero-order valence-electron chi connectivity index (χ0n) is 20.3. The van der Waals surface area contributed by atoms with Gasteiger partial charge in [0.15, 0.2) is 17.3 Å². The van der Waals surface area contributed by atoms with Gasteiger partial charge in [-0.2, -0.15) is 15.1 Å². The summed E-state index contributed by atoms with van der Waals surface area (Å²) >= 11 is 1.21. The van der Waals surface area contributed by atoms with E-state index in [1.807, 2.05) is 12.1 Å². The van der Waals surface area contributed by atoms with Crippen molar-refractivity contribution < 1.29 is 18.7 Å². The molecule has 190 valence electrons. The van der Waals surface area contributed by atoms with Crippen LogP contribution in [0.25, 0.3) is 6.08 Å². The largest absolute Gasteiger partial charge is 0.493 e. The third-order valence-electron chi connectivity index (χ3n) is 5.71. The second kappa shape index (κ2) is 10.8. The van der Waals surface area contributed by atoms with Crippen molar-refractivity contribution in [3.05, 3.63) is 107 Å². The molecule has 2 aliphatic heterocycles. The number of ether oxygens (including phenoxy) is 2. The topological polar surface area (TPSA) is 100 Å². The fourth-order valence-electron chi connectivity index (χ4n) is 3.89. The van der Waals surface area contributed by atoms with Gasteiger partial charge in [-0.05, 0) is 71.8 Å². The van der Waals surface area contributed by atoms with Crippen LogP contribution < -0.4 is 9.47 Å². The van der Waals surface area contributed by atoms with Crippen molar-refractivity contribution in [2.75, 3.05) is 7.11 Å². The molecule has 3 heterocycles. The Balaban J connectivity index is 1.45. The fourth-order valence-corrected chi connectivity index (χ4v) is 4.77. The summed E-state index contributed by atoms with van der Waals surface area (Å²) in [6.45, 7) is 4.04. The monoisotopic (exact) mass is 527 g/mol. The molecule has 0 saturated carbocycles. The van der Waals surface area contributed by atoms with Gasteiger partial charge in [0.05, 0.1) is 12.7 Å². The summed E-state index contributed by atoms with van der Waals surface area (Å²) in [6.07, 6.45) is 7.12. The lowest BCUT2D eigenvalue weighted by molar-refractivity contribution is -0.114. The highest BCUT2D eigenvalue weighted by molar-refractivity contribution is 8.27. The zero-order valence-corrected chi connectivity index (χ0v) is 21.2. The van der Waals surface area contributed by atoms with Gasteiger partial charge in [0.1, 0.15) is 17.5 Å². The molecule has 3 aromatic rings. The molecule has 0 spiro atoms. The SMILES string of the molecule is C=CCc1cc(C=C2C(=N)N3N=C(c4cccnc4)SC3=NC2=O)cc(OC)c1OCc1ccc(F)cc1. The lowest BCUT2D eigenvalue weighted by Gasteiger charge is -2.20. The fraction of sp³-hybridized carbons (Fsp3) is 0.107. The van der Waals surface area contributed by atoms with Gasteiger partial charge in [0.25, 0.3) is 5.91 Å². The summed E-state index contributed by atoms with van der Waals surface area (Å²) in [5, 5.41) is 15.4. The number of halogens is 1. The van der Waals surface area contributed by atoms with Crippen LogP contribution in [0.1, 0.15) is 22.3 Å². The van der Waals surface area contributed by atoms with E-state index >= 15 is 0 Å². The van der Waals surface area contributed by atoms with Crippen molar-refractivity contribution in [2.45, 2.75) is 13.0 Å². The number of aromatic nitrogens is 1. The molecule has 1 N–H and O–H groups in total. The van der Waals surface area contributed by atoms with E-state index in [9.17, 15) is 9.18 Å². The third kappa shape index (κ3) is 5.12. The van der Waals surface area contributed by atoms with Crippen molar-refractivity contribution in [3.8, 4) is 11.5 Å². The molecule has 0 aliphatic carbocycles. The van der Waals surface area contributed by atoms with Crippen LogP contribution in [0.2, 0.25) is 0 Å². The van der Waals surface area contributed by atoms with Gasteiger partial charge in [-0.3, -0.25) is 15.2 Å². The molecule has 1 amide bonds. The van der Waals surface area contributed by atoms with Crippen LogP contribution in [0, 0.1) is 11.2 Å². The number of hydrogen-bond donors (Lipinski definition) is 1. The average Bonchev–Trinajstić information content (AvgIpc) is 3.36. The number of methoxy groups -OCH3 is 1. The predicted octanol–water partition coefficient (Wildman–Crippen LogP) is 5.20. The Morgan fingerprint density at radius 2 is 2.03 bits per heavy atom. The average molecular weight is 528 g/mol. The molecule has 0 radical (unpaired) electrons. The van der Waals surface area contributed by atoms with E-state index < -0.39 is 5.91 Å². The first-order valence-corrected chi connectivity index (χ1v) is 12.4. The first-order chi connectivity index (χ1) is 18.5. The number of benzene rings is 2. The lowest BCUT2D eigenvalue weighted by atomic mass is 10.0. The summed E-state index contributed by atoms with van der Waals surface area (Å²) in [6, 6.07) is 13.3. The molecule has 2 aliphatic rings. The number of nitrogens with zero attached hydrogens (tertiary/aromatic N) is 4. The Kier molecular flexibility index (Phi) is 7.14. The number of hydrogen-bond acceptors (Lipinski definition) is 7. The summed E-state index contributed by atoms with van der Waals surface area (Å²) in [5.74, 6) is 0.0446. The van der Waals surface area contributed by atoms with Gasteiger partial charge >= 0.3 is 0 Å². The van der Waals surface area contributed by atoms with Gasteiger partial charge in [-0.15, -0.1) is 6.58 Å². The molecule has 8 nitrogen and oxygen atoms in total. The van der Waals surface area contributed by atoms with E-state index in [2.05, 4.69) is 21.7 Å². The van der Waals surface area contributed by atoms with Crippen LogP contribution >= 0.6 is 11.8 Å². The Hall–Kier alpha value is -4.57. The van der Waals surface area contributed by atoms with E-state index in [1.54, 1.807) is 48.8 Å². The van der Waals surface area contributed by atoms with Crippen molar-refractivity contribution in [1.29, 1.82) is 5.41 Å². The first-order valence-electron chi connectivity index (χ1n) is 11.6. The smallest absolute Gasteiger partial charge is 0.283 e. The summed E-state index contributed by atoms with van der Waals surface area (Å²) < 4.78 is 24.9. The number of hydrazone groups is 1. The number of rotatable bonds is 8.